The zero-order valence-electron chi connectivity index (χ0n) is 11.5. The minimum absolute atomic E-state index is 0.111. The van der Waals surface area contributed by atoms with Crippen molar-refractivity contribution in [2.75, 3.05) is 5.32 Å². The van der Waals surface area contributed by atoms with E-state index in [4.69, 9.17) is 4.52 Å². The van der Waals surface area contributed by atoms with E-state index in [9.17, 15) is 4.79 Å². The Kier molecular flexibility index (Phi) is 3.83. The van der Waals surface area contributed by atoms with Gasteiger partial charge in [-0.3, -0.25) is 10.1 Å². The van der Waals surface area contributed by atoms with Gasteiger partial charge < -0.3 is 4.52 Å². The molecule has 0 aliphatic carbocycles. The Labute approximate surface area is 126 Å². The van der Waals surface area contributed by atoms with Crippen LogP contribution in [0, 0.1) is 6.92 Å². The monoisotopic (exact) mass is 298 g/mol. The summed E-state index contributed by atoms with van der Waals surface area (Å²) in [5.41, 5.74) is 3.85. The molecule has 0 fully saturated rings. The first-order chi connectivity index (χ1) is 10.2. The van der Waals surface area contributed by atoms with Crippen molar-refractivity contribution in [2.45, 2.75) is 13.3 Å². The van der Waals surface area contributed by atoms with Gasteiger partial charge in [0.15, 0.2) is 0 Å². The van der Waals surface area contributed by atoms with Crippen molar-refractivity contribution in [2.24, 2.45) is 0 Å². The van der Waals surface area contributed by atoms with Gasteiger partial charge in [-0.15, -0.1) is 0 Å². The summed E-state index contributed by atoms with van der Waals surface area (Å²) in [6.45, 7) is 2.03. The van der Waals surface area contributed by atoms with Crippen molar-refractivity contribution >= 4 is 23.1 Å². The van der Waals surface area contributed by atoms with E-state index in [2.05, 4.69) is 10.5 Å². The maximum absolute atomic E-state index is 11.9. The van der Waals surface area contributed by atoms with Gasteiger partial charge in [-0.2, -0.15) is 11.3 Å². The van der Waals surface area contributed by atoms with E-state index in [0.717, 1.165) is 11.1 Å². The van der Waals surface area contributed by atoms with Crippen LogP contribution < -0.4 is 5.32 Å². The Morgan fingerprint density at radius 3 is 2.81 bits per heavy atom. The Bertz CT molecular complexity index is 730. The number of thiophene rings is 1. The van der Waals surface area contributed by atoms with E-state index >= 15 is 0 Å². The average molecular weight is 298 g/mol. The third-order valence-electron chi connectivity index (χ3n) is 3.06. The smallest absolute Gasteiger partial charge is 0.231 e. The first kappa shape index (κ1) is 13.6. The molecule has 1 amide bonds. The van der Waals surface area contributed by atoms with E-state index in [1.54, 1.807) is 17.4 Å². The van der Waals surface area contributed by atoms with E-state index < -0.39 is 0 Å². The molecular weight excluding hydrogens is 284 g/mol. The molecule has 5 heteroatoms. The zero-order valence-corrected chi connectivity index (χ0v) is 12.3. The summed E-state index contributed by atoms with van der Waals surface area (Å²) in [5, 5.41) is 10.6. The van der Waals surface area contributed by atoms with Crippen molar-refractivity contribution in [1.29, 1.82) is 0 Å². The molecule has 0 spiro atoms. The lowest BCUT2D eigenvalue weighted by atomic mass is 10.1. The van der Waals surface area contributed by atoms with Crippen molar-refractivity contribution in [3.8, 4) is 11.3 Å². The highest BCUT2D eigenvalue weighted by molar-refractivity contribution is 7.08. The number of aryl methyl sites for hydroxylation is 1. The highest BCUT2D eigenvalue weighted by atomic mass is 32.1. The molecule has 0 unspecified atom stereocenters. The van der Waals surface area contributed by atoms with Crippen LogP contribution in [0.2, 0.25) is 0 Å². The summed E-state index contributed by atoms with van der Waals surface area (Å²) in [6.07, 6.45) is 0.337. The first-order valence-electron chi connectivity index (χ1n) is 6.55. The number of benzene rings is 1. The summed E-state index contributed by atoms with van der Waals surface area (Å²) in [7, 11) is 0. The Morgan fingerprint density at radius 1 is 1.29 bits per heavy atom. The van der Waals surface area contributed by atoms with Crippen molar-refractivity contribution in [3.05, 3.63) is 58.3 Å². The number of nitrogens with one attached hydrogen (secondary N) is 1. The normalized spacial score (nSPS) is 10.5. The SMILES string of the molecule is Cc1ccc(-c2cc(NC(=O)Cc3ccsc3)on2)cc1. The molecule has 21 heavy (non-hydrogen) atoms. The minimum Gasteiger partial charge on any atom is -0.338 e. The van der Waals surface area contributed by atoms with Gasteiger partial charge in [0.25, 0.3) is 0 Å². The van der Waals surface area contributed by atoms with E-state index in [1.165, 1.54) is 5.56 Å². The lowest BCUT2D eigenvalue weighted by Crippen LogP contribution is -2.13. The molecule has 0 bridgehead atoms. The lowest BCUT2D eigenvalue weighted by molar-refractivity contribution is -0.115. The summed E-state index contributed by atoms with van der Waals surface area (Å²) >= 11 is 1.57. The molecule has 2 aromatic heterocycles. The highest BCUT2D eigenvalue weighted by Crippen LogP contribution is 2.22. The Hall–Kier alpha value is -2.40. The molecule has 0 radical (unpaired) electrons. The van der Waals surface area contributed by atoms with Gasteiger partial charge in [-0.1, -0.05) is 35.0 Å². The second-order valence-electron chi connectivity index (χ2n) is 4.80. The molecule has 0 atom stereocenters. The Morgan fingerprint density at radius 2 is 2.10 bits per heavy atom. The molecule has 0 saturated carbocycles. The van der Waals surface area contributed by atoms with Crippen LogP contribution in [0.15, 0.2) is 51.7 Å². The number of nitrogens with zero attached hydrogens (tertiary/aromatic N) is 1. The topological polar surface area (TPSA) is 55.1 Å². The molecule has 0 aliphatic rings. The summed E-state index contributed by atoms with van der Waals surface area (Å²) in [5.74, 6) is 0.255. The van der Waals surface area contributed by atoms with Crippen LogP contribution in [0.25, 0.3) is 11.3 Å². The van der Waals surface area contributed by atoms with Crippen molar-refractivity contribution in [3.63, 3.8) is 0 Å². The number of hydrogen-bond acceptors (Lipinski definition) is 4. The largest absolute Gasteiger partial charge is 0.338 e. The van der Waals surface area contributed by atoms with Crippen molar-refractivity contribution in [1.82, 2.24) is 5.16 Å². The van der Waals surface area contributed by atoms with Gasteiger partial charge in [-0.05, 0) is 29.3 Å². The van der Waals surface area contributed by atoms with E-state index in [-0.39, 0.29) is 5.91 Å². The van der Waals surface area contributed by atoms with Gasteiger partial charge >= 0.3 is 0 Å². The van der Waals surface area contributed by atoms with Gasteiger partial charge in [0, 0.05) is 11.6 Å². The molecule has 2 heterocycles. The number of amides is 1. The second-order valence-corrected chi connectivity index (χ2v) is 5.58. The third kappa shape index (κ3) is 3.38. The Balaban J connectivity index is 1.67. The van der Waals surface area contributed by atoms with Crippen LogP contribution in [0.3, 0.4) is 0 Å². The fraction of sp³-hybridized carbons (Fsp3) is 0.125. The van der Waals surface area contributed by atoms with Crippen LogP contribution in [0.1, 0.15) is 11.1 Å². The van der Waals surface area contributed by atoms with Gasteiger partial charge in [0.05, 0.1) is 6.42 Å². The molecule has 4 nitrogen and oxygen atoms in total. The van der Waals surface area contributed by atoms with Crippen LogP contribution in [0.4, 0.5) is 5.88 Å². The summed E-state index contributed by atoms with van der Waals surface area (Å²) in [4.78, 5) is 11.9. The standard InChI is InChI=1S/C16H14N2O2S/c1-11-2-4-13(5-3-11)14-9-16(20-18-14)17-15(19)8-12-6-7-21-10-12/h2-7,9-10H,8H2,1H3,(H,17,19). The number of rotatable bonds is 4. The number of anilines is 1. The van der Waals surface area contributed by atoms with Gasteiger partial charge in [0.2, 0.25) is 11.8 Å². The maximum Gasteiger partial charge on any atom is 0.231 e. The first-order valence-corrected chi connectivity index (χ1v) is 7.50. The molecule has 0 saturated heterocycles. The number of carbonyl (C=O) groups excluding carboxylic acids is 1. The molecule has 1 N–H and O–H groups in total. The van der Waals surface area contributed by atoms with Crippen LogP contribution >= 0.6 is 11.3 Å². The number of carbonyl (C=O) groups is 1. The minimum atomic E-state index is -0.111. The van der Waals surface area contributed by atoms with Gasteiger partial charge in [-0.25, -0.2) is 0 Å². The van der Waals surface area contributed by atoms with E-state index in [0.29, 0.717) is 18.0 Å². The third-order valence-corrected chi connectivity index (χ3v) is 3.80. The number of aromatic nitrogens is 1. The molecule has 106 valence electrons. The highest BCUT2D eigenvalue weighted by Gasteiger charge is 2.10. The predicted octanol–water partition coefficient (Wildman–Crippen LogP) is 3.89. The molecular formula is C16H14N2O2S. The molecule has 0 aliphatic heterocycles. The van der Waals surface area contributed by atoms with Crippen LogP contribution in [-0.4, -0.2) is 11.1 Å². The molecule has 1 aromatic carbocycles. The van der Waals surface area contributed by atoms with E-state index in [1.807, 2.05) is 48.0 Å². The molecule has 3 rings (SSSR count). The zero-order chi connectivity index (χ0) is 14.7. The van der Waals surface area contributed by atoms with Crippen molar-refractivity contribution < 1.29 is 9.32 Å². The number of hydrogen-bond donors (Lipinski definition) is 1. The molecule has 3 aromatic rings. The lowest BCUT2D eigenvalue weighted by Gasteiger charge is -1.98. The van der Waals surface area contributed by atoms with Crippen LogP contribution in [-0.2, 0) is 11.2 Å². The van der Waals surface area contributed by atoms with Gasteiger partial charge in [0.1, 0.15) is 5.69 Å². The van der Waals surface area contributed by atoms with Crippen LogP contribution in [0.5, 0.6) is 0 Å². The summed E-state index contributed by atoms with van der Waals surface area (Å²) in [6, 6.07) is 11.6. The average Bonchev–Trinajstić information content (AvgIpc) is 3.11. The fourth-order valence-corrected chi connectivity index (χ4v) is 2.62. The summed E-state index contributed by atoms with van der Waals surface area (Å²) < 4.78 is 5.16. The fourth-order valence-electron chi connectivity index (χ4n) is 1.95. The predicted molar refractivity (Wildman–Crippen MR) is 83.3 cm³/mol. The quantitative estimate of drug-likeness (QED) is 0.795. The maximum atomic E-state index is 11.9. The second kappa shape index (κ2) is 5.93.